The molecule has 1 fully saturated rings. The van der Waals surface area contributed by atoms with Gasteiger partial charge in [-0.2, -0.15) is 0 Å². The van der Waals surface area contributed by atoms with Gasteiger partial charge in [0.1, 0.15) is 5.82 Å². The molecule has 1 aliphatic rings. The Morgan fingerprint density at radius 2 is 2.06 bits per heavy atom. The van der Waals surface area contributed by atoms with Gasteiger partial charge in [0.15, 0.2) is 0 Å². The second-order valence-corrected chi connectivity index (χ2v) is 5.27. The summed E-state index contributed by atoms with van der Waals surface area (Å²) in [4.78, 5) is 0. The number of aryl methyl sites for hydroxylation is 1. The number of halogens is 1. The zero-order valence-corrected chi connectivity index (χ0v) is 11.1. The van der Waals surface area contributed by atoms with Gasteiger partial charge >= 0.3 is 0 Å². The molecular formula is C15H21FO2. The molecule has 100 valence electrons. The van der Waals surface area contributed by atoms with Crippen molar-refractivity contribution < 1.29 is 14.2 Å². The highest BCUT2D eigenvalue weighted by atomic mass is 19.1. The predicted octanol–water partition coefficient (Wildman–Crippen LogP) is 3.00. The fourth-order valence-corrected chi connectivity index (χ4v) is 2.90. The lowest BCUT2D eigenvalue weighted by molar-refractivity contribution is -0.0971. The Hall–Kier alpha value is -0.930. The highest BCUT2D eigenvalue weighted by molar-refractivity contribution is 5.27. The van der Waals surface area contributed by atoms with E-state index in [4.69, 9.17) is 4.74 Å². The lowest BCUT2D eigenvalue weighted by Crippen LogP contribution is -2.43. The van der Waals surface area contributed by atoms with E-state index in [1.54, 1.807) is 13.2 Å². The van der Waals surface area contributed by atoms with Gasteiger partial charge in [-0.05, 0) is 43.0 Å². The molecule has 1 saturated carbocycles. The van der Waals surface area contributed by atoms with Crippen molar-refractivity contribution in [2.75, 3.05) is 7.11 Å². The molecule has 2 rings (SSSR count). The van der Waals surface area contributed by atoms with Gasteiger partial charge in [-0.15, -0.1) is 0 Å². The minimum atomic E-state index is -0.564. The number of ether oxygens (including phenoxy) is 1. The van der Waals surface area contributed by atoms with Crippen LogP contribution in [-0.4, -0.2) is 23.9 Å². The largest absolute Gasteiger partial charge is 0.390 e. The number of rotatable bonds is 4. The quantitative estimate of drug-likeness (QED) is 0.892. The highest BCUT2D eigenvalue weighted by Crippen LogP contribution is 2.37. The Labute approximate surface area is 108 Å². The molecule has 0 bridgehead atoms. The van der Waals surface area contributed by atoms with E-state index in [0.717, 1.165) is 36.8 Å². The number of methoxy groups -OCH3 is 1. The van der Waals surface area contributed by atoms with Crippen LogP contribution in [0.5, 0.6) is 0 Å². The van der Waals surface area contributed by atoms with Gasteiger partial charge in [0.25, 0.3) is 0 Å². The Morgan fingerprint density at radius 1 is 1.39 bits per heavy atom. The zero-order valence-electron chi connectivity index (χ0n) is 11.1. The molecule has 1 atom stereocenters. The topological polar surface area (TPSA) is 29.5 Å². The number of aliphatic hydroxyl groups is 1. The Bertz CT molecular complexity index is 411. The van der Waals surface area contributed by atoms with Gasteiger partial charge in [0.05, 0.1) is 11.7 Å². The number of hydrogen-bond donors (Lipinski definition) is 1. The van der Waals surface area contributed by atoms with Crippen LogP contribution in [0.1, 0.15) is 36.8 Å². The van der Waals surface area contributed by atoms with Gasteiger partial charge in [0.2, 0.25) is 0 Å². The van der Waals surface area contributed by atoms with E-state index in [1.165, 1.54) is 12.1 Å². The smallest absolute Gasteiger partial charge is 0.123 e. The van der Waals surface area contributed by atoms with Crippen molar-refractivity contribution in [1.82, 2.24) is 0 Å². The first-order valence-electron chi connectivity index (χ1n) is 6.56. The van der Waals surface area contributed by atoms with Gasteiger partial charge in [-0.25, -0.2) is 4.39 Å². The molecule has 1 aliphatic carbocycles. The van der Waals surface area contributed by atoms with E-state index >= 15 is 0 Å². The first kappa shape index (κ1) is 13.5. The first-order valence-corrected chi connectivity index (χ1v) is 6.56. The van der Waals surface area contributed by atoms with Gasteiger partial charge in [-0.3, -0.25) is 0 Å². The van der Waals surface area contributed by atoms with Crippen LogP contribution in [0, 0.1) is 12.7 Å². The second kappa shape index (κ2) is 5.37. The molecule has 3 heteroatoms. The lowest BCUT2D eigenvalue weighted by Gasteiger charge is -2.33. The molecule has 0 radical (unpaired) electrons. The molecule has 1 unspecified atom stereocenters. The van der Waals surface area contributed by atoms with Crippen molar-refractivity contribution >= 4 is 0 Å². The van der Waals surface area contributed by atoms with Crippen LogP contribution in [-0.2, 0) is 11.2 Å². The minimum absolute atomic E-state index is 0.249. The van der Waals surface area contributed by atoms with Gasteiger partial charge < -0.3 is 9.84 Å². The maximum Gasteiger partial charge on any atom is 0.123 e. The summed E-state index contributed by atoms with van der Waals surface area (Å²) in [6.45, 7) is 1.94. The average Bonchev–Trinajstić information content (AvgIpc) is 2.84. The normalized spacial score (nSPS) is 20.0. The maximum atomic E-state index is 13.2. The van der Waals surface area contributed by atoms with E-state index in [2.05, 4.69) is 0 Å². The number of hydrogen-bond acceptors (Lipinski definition) is 2. The highest BCUT2D eigenvalue weighted by Gasteiger charge is 2.40. The molecule has 1 N–H and O–H groups in total. The van der Waals surface area contributed by atoms with E-state index in [0.29, 0.717) is 6.42 Å². The molecule has 0 heterocycles. The van der Waals surface area contributed by atoms with Crippen molar-refractivity contribution in [3.8, 4) is 0 Å². The SMILES string of the molecule is COC1(C(O)Cc2cc(F)ccc2C)CCCC1. The van der Waals surface area contributed by atoms with E-state index in [9.17, 15) is 9.50 Å². The summed E-state index contributed by atoms with van der Waals surface area (Å²) in [5.74, 6) is -0.249. The summed E-state index contributed by atoms with van der Waals surface area (Å²) >= 11 is 0. The molecule has 0 amide bonds. The van der Waals surface area contributed by atoms with E-state index in [1.807, 2.05) is 6.92 Å². The van der Waals surface area contributed by atoms with Crippen LogP contribution in [0.25, 0.3) is 0 Å². The van der Waals surface area contributed by atoms with Gasteiger partial charge in [0, 0.05) is 13.5 Å². The van der Waals surface area contributed by atoms with Crippen molar-refractivity contribution in [2.24, 2.45) is 0 Å². The molecule has 1 aromatic rings. The molecule has 18 heavy (non-hydrogen) atoms. The maximum absolute atomic E-state index is 13.2. The van der Waals surface area contributed by atoms with Crippen molar-refractivity contribution in [2.45, 2.75) is 50.7 Å². The summed E-state index contributed by atoms with van der Waals surface area (Å²) in [5, 5.41) is 10.4. The lowest BCUT2D eigenvalue weighted by atomic mass is 9.88. The molecule has 2 nitrogen and oxygen atoms in total. The summed E-state index contributed by atoms with van der Waals surface area (Å²) in [6.07, 6.45) is 3.85. The van der Waals surface area contributed by atoms with Crippen molar-refractivity contribution in [3.63, 3.8) is 0 Å². The molecule has 0 saturated heterocycles. The van der Waals surface area contributed by atoms with Crippen LogP contribution >= 0.6 is 0 Å². The third-order valence-electron chi connectivity index (χ3n) is 4.19. The fourth-order valence-electron chi connectivity index (χ4n) is 2.90. The summed E-state index contributed by atoms with van der Waals surface area (Å²) in [6, 6.07) is 4.72. The monoisotopic (exact) mass is 252 g/mol. The fraction of sp³-hybridized carbons (Fsp3) is 0.600. The standard InChI is InChI=1S/C15H21FO2/c1-11-5-6-13(16)9-12(11)10-14(17)15(18-2)7-3-4-8-15/h5-6,9,14,17H,3-4,7-8,10H2,1-2H3. The minimum Gasteiger partial charge on any atom is -0.390 e. The van der Waals surface area contributed by atoms with Crippen molar-refractivity contribution in [1.29, 1.82) is 0 Å². The third-order valence-corrected chi connectivity index (χ3v) is 4.19. The van der Waals surface area contributed by atoms with Crippen molar-refractivity contribution in [3.05, 3.63) is 35.1 Å². The van der Waals surface area contributed by atoms with Crippen LogP contribution in [0.4, 0.5) is 4.39 Å². The Balaban J connectivity index is 2.15. The third kappa shape index (κ3) is 2.57. The molecular weight excluding hydrogens is 231 g/mol. The van der Waals surface area contributed by atoms with Crippen LogP contribution in [0.3, 0.4) is 0 Å². The molecule has 0 spiro atoms. The second-order valence-electron chi connectivity index (χ2n) is 5.27. The summed E-state index contributed by atoms with van der Waals surface area (Å²) in [5.41, 5.74) is 1.45. The summed E-state index contributed by atoms with van der Waals surface area (Å²) in [7, 11) is 1.66. The predicted molar refractivity (Wildman–Crippen MR) is 69.1 cm³/mol. The number of benzene rings is 1. The van der Waals surface area contributed by atoms with Crippen LogP contribution in [0.15, 0.2) is 18.2 Å². The zero-order chi connectivity index (χ0) is 13.2. The van der Waals surface area contributed by atoms with Crippen LogP contribution < -0.4 is 0 Å². The van der Waals surface area contributed by atoms with E-state index in [-0.39, 0.29) is 5.82 Å². The summed E-state index contributed by atoms with van der Waals surface area (Å²) < 4.78 is 18.8. The Morgan fingerprint density at radius 3 is 2.67 bits per heavy atom. The number of aliphatic hydroxyl groups excluding tert-OH is 1. The Kier molecular flexibility index (Phi) is 4.03. The van der Waals surface area contributed by atoms with E-state index < -0.39 is 11.7 Å². The molecule has 1 aromatic carbocycles. The van der Waals surface area contributed by atoms with Crippen LogP contribution in [0.2, 0.25) is 0 Å². The average molecular weight is 252 g/mol. The molecule has 0 aromatic heterocycles. The first-order chi connectivity index (χ1) is 8.57. The molecule has 0 aliphatic heterocycles. The van der Waals surface area contributed by atoms with Gasteiger partial charge in [-0.1, -0.05) is 18.9 Å².